The fourth-order valence-corrected chi connectivity index (χ4v) is 3.66. The second-order valence-electron chi connectivity index (χ2n) is 3.50. The zero-order chi connectivity index (χ0) is 9.24. The molecule has 1 N–H and O–H groups in total. The van der Waals surface area contributed by atoms with E-state index < -0.39 is 10.0 Å². The van der Waals surface area contributed by atoms with Gasteiger partial charge in [0, 0.05) is 10.9 Å². The van der Waals surface area contributed by atoms with Crippen molar-refractivity contribution < 1.29 is 8.42 Å². The van der Waals surface area contributed by atoms with Crippen LogP contribution in [0.4, 0.5) is 0 Å². The SMILES string of the molecule is CS(=O)(=O)NC1(CBr)CCCC1. The average molecular weight is 256 g/mol. The van der Waals surface area contributed by atoms with Gasteiger partial charge in [-0.25, -0.2) is 13.1 Å². The van der Waals surface area contributed by atoms with Gasteiger partial charge in [0.15, 0.2) is 0 Å². The summed E-state index contributed by atoms with van der Waals surface area (Å²) >= 11 is 3.36. The summed E-state index contributed by atoms with van der Waals surface area (Å²) < 4.78 is 24.7. The number of nitrogens with one attached hydrogen (secondary N) is 1. The molecule has 12 heavy (non-hydrogen) atoms. The number of hydrogen-bond acceptors (Lipinski definition) is 2. The van der Waals surface area contributed by atoms with E-state index in [-0.39, 0.29) is 5.54 Å². The smallest absolute Gasteiger partial charge is 0.209 e. The quantitative estimate of drug-likeness (QED) is 0.772. The summed E-state index contributed by atoms with van der Waals surface area (Å²) in [7, 11) is -3.06. The van der Waals surface area contributed by atoms with Crippen LogP contribution in [0.25, 0.3) is 0 Å². The molecule has 0 aromatic heterocycles. The molecule has 0 aliphatic heterocycles. The van der Waals surface area contributed by atoms with Crippen LogP contribution in [0.1, 0.15) is 25.7 Å². The van der Waals surface area contributed by atoms with Gasteiger partial charge in [0.05, 0.1) is 6.26 Å². The molecule has 0 heterocycles. The van der Waals surface area contributed by atoms with Crippen molar-refractivity contribution in [2.75, 3.05) is 11.6 Å². The second kappa shape index (κ2) is 3.64. The van der Waals surface area contributed by atoms with Crippen molar-refractivity contribution in [3.05, 3.63) is 0 Å². The molecule has 1 aliphatic rings. The van der Waals surface area contributed by atoms with E-state index in [0.29, 0.717) is 5.33 Å². The van der Waals surface area contributed by atoms with Gasteiger partial charge in [-0.05, 0) is 12.8 Å². The van der Waals surface area contributed by atoms with Crippen LogP contribution in [0, 0.1) is 0 Å². The van der Waals surface area contributed by atoms with Crippen LogP contribution < -0.4 is 4.72 Å². The zero-order valence-corrected chi connectivity index (χ0v) is 9.54. The molecule has 1 rings (SSSR count). The summed E-state index contributed by atoms with van der Waals surface area (Å²) in [6.07, 6.45) is 5.36. The number of halogens is 1. The molecule has 72 valence electrons. The minimum absolute atomic E-state index is 0.201. The lowest BCUT2D eigenvalue weighted by molar-refractivity contribution is 0.440. The first kappa shape index (κ1) is 10.5. The molecule has 3 nitrogen and oxygen atoms in total. The summed E-state index contributed by atoms with van der Waals surface area (Å²) in [5.41, 5.74) is -0.201. The van der Waals surface area contributed by atoms with Gasteiger partial charge in [0.1, 0.15) is 0 Å². The third-order valence-electron chi connectivity index (χ3n) is 2.22. The maximum absolute atomic E-state index is 11.0. The van der Waals surface area contributed by atoms with Crippen LogP contribution in [0.3, 0.4) is 0 Å². The van der Waals surface area contributed by atoms with Gasteiger partial charge < -0.3 is 0 Å². The van der Waals surface area contributed by atoms with Gasteiger partial charge in [-0.1, -0.05) is 28.8 Å². The highest BCUT2D eigenvalue weighted by molar-refractivity contribution is 9.09. The van der Waals surface area contributed by atoms with Crippen LogP contribution in [0.2, 0.25) is 0 Å². The van der Waals surface area contributed by atoms with Gasteiger partial charge >= 0.3 is 0 Å². The molecule has 0 amide bonds. The van der Waals surface area contributed by atoms with E-state index in [1.54, 1.807) is 0 Å². The van der Waals surface area contributed by atoms with E-state index >= 15 is 0 Å². The van der Waals surface area contributed by atoms with Gasteiger partial charge in [-0.15, -0.1) is 0 Å². The third-order valence-corrected chi connectivity index (χ3v) is 4.10. The molecule has 0 bridgehead atoms. The first-order chi connectivity index (χ1) is 5.47. The zero-order valence-electron chi connectivity index (χ0n) is 7.14. The number of alkyl halides is 1. The minimum atomic E-state index is -3.06. The van der Waals surface area contributed by atoms with E-state index in [9.17, 15) is 8.42 Å². The predicted molar refractivity (Wildman–Crippen MR) is 53.0 cm³/mol. The van der Waals surface area contributed by atoms with Crippen molar-refractivity contribution in [3.8, 4) is 0 Å². The number of sulfonamides is 1. The maximum atomic E-state index is 11.0. The first-order valence-electron chi connectivity index (χ1n) is 4.02. The Kier molecular flexibility index (Phi) is 3.17. The Morgan fingerprint density at radius 2 is 1.92 bits per heavy atom. The molecular weight excluding hydrogens is 242 g/mol. The number of rotatable bonds is 3. The number of hydrogen-bond donors (Lipinski definition) is 1. The summed E-state index contributed by atoms with van der Waals surface area (Å²) in [6, 6.07) is 0. The molecule has 1 aliphatic carbocycles. The highest BCUT2D eigenvalue weighted by Gasteiger charge is 2.35. The summed E-state index contributed by atoms with van der Waals surface area (Å²) in [6.45, 7) is 0. The molecule has 0 saturated heterocycles. The minimum Gasteiger partial charge on any atom is -0.213 e. The van der Waals surface area contributed by atoms with Crippen molar-refractivity contribution in [1.29, 1.82) is 0 Å². The fourth-order valence-electron chi connectivity index (χ4n) is 1.71. The van der Waals surface area contributed by atoms with Gasteiger partial charge in [-0.2, -0.15) is 0 Å². The average Bonchev–Trinajstić information content (AvgIpc) is 2.34. The van der Waals surface area contributed by atoms with E-state index in [1.165, 1.54) is 6.26 Å². The largest absolute Gasteiger partial charge is 0.213 e. The van der Waals surface area contributed by atoms with E-state index in [1.807, 2.05) is 0 Å². The first-order valence-corrected chi connectivity index (χ1v) is 7.04. The van der Waals surface area contributed by atoms with E-state index in [2.05, 4.69) is 20.7 Å². The molecule has 1 saturated carbocycles. The van der Waals surface area contributed by atoms with Crippen LogP contribution in [0.5, 0.6) is 0 Å². The molecule has 0 aromatic carbocycles. The van der Waals surface area contributed by atoms with E-state index in [0.717, 1.165) is 25.7 Å². The van der Waals surface area contributed by atoms with Crippen molar-refractivity contribution >= 4 is 26.0 Å². The summed E-state index contributed by atoms with van der Waals surface area (Å²) in [5, 5.41) is 0.715. The molecular formula is C7H14BrNO2S. The van der Waals surface area contributed by atoms with Crippen LogP contribution in [-0.2, 0) is 10.0 Å². The molecule has 0 aromatic rings. The Bertz CT molecular complexity index is 244. The Labute approximate surface area is 82.1 Å². The normalized spacial score (nSPS) is 22.8. The Balaban J connectivity index is 2.68. The topological polar surface area (TPSA) is 46.2 Å². The molecule has 0 spiro atoms. The van der Waals surface area contributed by atoms with Crippen LogP contribution in [-0.4, -0.2) is 25.5 Å². The molecule has 5 heteroatoms. The summed E-state index contributed by atoms with van der Waals surface area (Å²) in [5.74, 6) is 0. The van der Waals surface area contributed by atoms with Crippen LogP contribution in [0.15, 0.2) is 0 Å². The van der Waals surface area contributed by atoms with Crippen LogP contribution >= 0.6 is 15.9 Å². The van der Waals surface area contributed by atoms with Gasteiger partial charge in [0.2, 0.25) is 10.0 Å². The fraction of sp³-hybridized carbons (Fsp3) is 1.00. The van der Waals surface area contributed by atoms with E-state index in [4.69, 9.17) is 0 Å². The Hall–Kier alpha value is 0.390. The van der Waals surface area contributed by atoms with Crippen molar-refractivity contribution in [3.63, 3.8) is 0 Å². The Morgan fingerprint density at radius 3 is 2.25 bits per heavy atom. The van der Waals surface area contributed by atoms with Crippen molar-refractivity contribution in [2.24, 2.45) is 0 Å². The molecule has 0 atom stereocenters. The standard InChI is InChI=1S/C7H14BrNO2S/c1-12(10,11)9-7(6-8)4-2-3-5-7/h9H,2-6H2,1H3. The van der Waals surface area contributed by atoms with Crippen molar-refractivity contribution in [1.82, 2.24) is 4.72 Å². The predicted octanol–water partition coefficient (Wildman–Crippen LogP) is 1.24. The highest BCUT2D eigenvalue weighted by atomic mass is 79.9. The summed E-state index contributed by atoms with van der Waals surface area (Å²) in [4.78, 5) is 0. The molecule has 1 fully saturated rings. The highest BCUT2D eigenvalue weighted by Crippen LogP contribution is 2.31. The van der Waals surface area contributed by atoms with Gasteiger partial charge in [-0.3, -0.25) is 0 Å². The molecule has 0 unspecified atom stereocenters. The lowest BCUT2D eigenvalue weighted by Gasteiger charge is -2.26. The van der Waals surface area contributed by atoms with Gasteiger partial charge in [0.25, 0.3) is 0 Å². The third kappa shape index (κ3) is 2.71. The molecule has 0 radical (unpaired) electrons. The second-order valence-corrected chi connectivity index (χ2v) is 5.80. The maximum Gasteiger partial charge on any atom is 0.209 e. The lowest BCUT2D eigenvalue weighted by atomic mass is 10.0. The lowest BCUT2D eigenvalue weighted by Crippen LogP contribution is -2.47. The Morgan fingerprint density at radius 1 is 1.42 bits per heavy atom. The monoisotopic (exact) mass is 255 g/mol. The van der Waals surface area contributed by atoms with Crippen molar-refractivity contribution in [2.45, 2.75) is 31.2 Å².